The molecule has 0 aliphatic rings. The van der Waals surface area contributed by atoms with E-state index in [4.69, 9.17) is 0 Å². The number of pyridine rings is 1. The molecule has 0 fully saturated rings. The summed E-state index contributed by atoms with van der Waals surface area (Å²) in [6.45, 7) is 4.73. The van der Waals surface area contributed by atoms with Crippen LogP contribution < -0.4 is 16.0 Å². The first-order valence-corrected chi connectivity index (χ1v) is 10.2. The number of amides is 2. The first-order chi connectivity index (χ1) is 15.2. The van der Waals surface area contributed by atoms with Crippen molar-refractivity contribution >= 4 is 17.5 Å². The number of aryl methyl sites for hydroxylation is 1. The first-order valence-electron chi connectivity index (χ1n) is 10.2. The van der Waals surface area contributed by atoms with Crippen molar-refractivity contribution in [2.45, 2.75) is 32.9 Å². The molecule has 0 radical (unpaired) electrons. The summed E-state index contributed by atoms with van der Waals surface area (Å²) in [4.78, 5) is 25.3. The number of urea groups is 1. The van der Waals surface area contributed by atoms with Crippen LogP contribution in [-0.2, 0) is 0 Å². The Morgan fingerprint density at radius 2 is 1.88 bits per heavy atom. The number of carbonyl (C=O) groups excluding carboxylic acids is 1. The Morgan fingerprint density at radius 1 is 1.12 bits per heavy atom. The number of anilines is 2. The summed E-state index contributed by atoms with van der Waals surface area (Å²) in [5.74, 6) is 0.510. The highest BCUT2D eigenvalue weighted by molar-refractivity contribution is 5.90. The first kappa shape index (κ1) is 23.1. The molecule has 32 heavy (non-hydrogen) atoms. The Labute approximate surface area is 185 Å². The van der Waals surface area contributed by atoms with E-state index in [9.17, 15) is 13.6 Å². The van der Waals surface area contributed by atoms with E-state index in [1.807, 2.05) is 12.1 Å². The lowest BCUT2D eigenvalue weighted by Crippen LogP contribution is -2.32. The van der Waals surface area contributed by atoms with Crippen LogP contribution in [0.3, 0.4) is 0 Å². The summed E-state index contributed by atoms with van der Waals surface area (Å²) in [7, 11) is 1.78. The van der Waals surface area contributed by atoms with Gasteiger partial charge in [0.05, 0.1) is 11.4 Å². The van der Waals surface area contributed by atoms with Gasteiger partial charge in [0.15, 0.2) is 5.82 Å². The maximum absolute atomic E-state index is 14.5. The fraction of sp³-hybridized carbons (Fsp3) is 0.304. The van der Waals surface area contributed by atoms with E-state index in [1.165, 1.54) is 26.0 Å². The number of halogens is 2. The van der Waals surface area contributed by atoms with Gasteiger partial charge in [-0.25, -0.2) is 28.5 Å². The summed E-state index contributed by atoms with van der Waals surface area (Å²) >= 11 is 0. The van der Waals surface area contributed by atoms with Crippen molar-refractivity contribution in [3.63, 3.8) is 0 Å². The molecule has 1 aromatic carbocycles. The van der Waals surface area contributed by atoms with Gasteiger partial charge in [-0.15, -0.1) is 0 Å². The zero-order valence-corrected chi connectivity index (χ0v) is 18.5. The minimum absolute atomic E-state index is 0.0157. The minimum Gasteiger partial charge on any atom is -0.373 e. The van der Waals surface area contributed by atoms with Gasteiger partial charge in [0.25, 0.3) is 0 Å². The van der Waals surface area contributed by atoms with Crippen LogP contribution in [0, 0.1) is 12.7 Å². The summed E-state index contributed by atoms with van der Waals surface area (Å²) in [5.41, 5.74) is 1.31. The molecular weight excluding hydrogens is 414 g/mol. The summed E-state index contributed by atoms with van der Waals surface area (Å²) in [6.07, 6.45) is 3.45. The fourth-order valence-corrected chi connectivity index (χ4v) is 3.03. The Hall–Kier alpha value is -3.62. The van der Waals surface area contributed by atoms with E-state index in [0.29, 0.717) is 28.5 Å². The number of alkyl halides is 1. The van der Waals surface area contributed by atoms with Crippen molar-refractivity contribution in [2.24, 2.45) is 0 Å². The topological polar surface area (TPSA) is 91.8 Å². The van der Waals surface area contributed by atoms with E-state index in [1.54, 1.807) is 32.4 Å². The molecule has 3 aromatic rings. The lowest BCUT2D eigenvalue weighted by Gasteiger charge is -2.15. The predicted octanol–water partition coefficient (Wildman–Crippen LogP) is 4.95. The number of aromatic nitrogens is 3. The van der Waals surface area contributed by atoms with Gasteiger partial charge in [0.2, 0.25) is 0 Å². The van der Waals surface area contributed by atoms with Crippen LogP contribution in [0.15, 0.2) is 42.7 Å². The molecule has 3 rings (SSSR count). The Bertz CT molecular complexity index is 1110. The van der Waals surface area contributed by atoms with E-state index in [2.05, 4.69) is 30.9 Å². The fourth-order valence-electron chi connectivity index (χ4n) is 3.03. The second-order valence-corrected chi connectivity index (χ2v) is 7.94. The number of hydrogen-bond acceptors (Lipinski definition) is 5. The van der Waals surface area contributed by atoms with Gasteiger partial charge in [-0.05, 0) is 63.1 Å². The quantitative estimate of drug-likeness (QED) is 0.483. The van der Waals surface area contributed by atoms with Crippen LogP contribution in [0.4, 0.5) is 25.1 Å². The highest BCUT2D eigenvalue weighted by Crippen LogP contribution is 2.28. The second kappa shape index (κ2) is 9.67. The lowest BCUT2D eigenvalue weighted by atomic mass is 10.1. The number of benzene rings is 1. The van der Waals surface area contributed by atoms with Crippen LogP contribution in [0.5, 0.6) is 0 Å². The van der Waals surface area contributed by atoms with E-state index < -0.39 is 17.5 Å². The zero-order chi connectivity index (χ0) is 23.3. The van der Waals surface area contributed by atoms with Crippen LogP contribution >= 0.6 is 0 Å². The maximum atomic E-state index is 14.5. The third-order valence-corrected chi connectivity index (χ3v) is 4.78. The highest BCUT2D eigenvalue weighted by atomic mass is 19.1. The number of carbonyl (C=O) groups is 1. The maximum Gasteiger partial charge on any atom is 0.319 e. The van der Waals surface area contributed by atoms with Gasteiger partial charge in [0.1, 0.15) is 17.3 Å². The minimum atomic E-state index is -1.40. The number of rotatable bonds is 7. The van der Waals surface area contributed by atoms with Crippen LogP contribution in [0.2, 0.25) is 0 Å². The molecule has 0 unspecified atom stereocenters. The molecule has 2 amide bonds. The van der Waals surface area contributed by atoms with Crippen molar-refractivity contribution in [1.82, 2.24) is 20.3 Å². The van der Waals surface area contributed by atoms with Gasteiger partial charge in [0, 0.05) is 37.1 Å². The molecular formula is C23H26F2N6O. The molecule has 2 aromatic heterocycles. The van der Waals surface area contributed by atoms with Gasteiger partial charge in [-0.3, -0.25) is 0 Å². The Morgan fingerprint density at radius 3 is 2.59 bits per heavy atom. The third-order valence-electron chi connectivity index (χ3n) is 4.78. The monoisotopic (exact) mass is 440 g/mol. The Balaban J connectivity index is 1.85. The van der Waals surface area contributed by atoms with Gasteiger partial charge >= 0.3 is 6.03 Å². The molecule has 0 saturated carbocycles. The van der Waals surface area contributed by atoms with Gasteiger partial charge in [-0.2, -0.15) is 0 Å². The SMILES string of the molecule is CNc1cc(-c2ccnc(-c3cc(NC(=O)NCCC(C)(C)F)c(F)cc3C)n2)ccn1. The van der Waals surface area contributed by atoms with Gasteiger partial charge in [-0.1, -0.05) is 0 Å². The largest absolute Gasteiger partial charge is 0.373 e. The molecule has 168 valence electrons. The molecule has 0 spiro atoms. The molecule has 3 N–H and O–H groups in total. The normalized spacial score (nSPS) is 11.2. The predicted molar refractivity (Wildman–Crippen MR) is 122 cm³/mol. The average molecular weight is 440 g/mol. The standard InChI is InChI=1S/C23H26F2N6O/c1-14-11-17(24)19(31-22(32)29-10-7-23(2,3)25)13-16(14)21-28-9-6-18(30-21)15-5-8-27-20(12-15)26-4/h5-6,8-9,11-13H,7,10H2,1-4H3,(H,26,27)(H2,29,31,32). The van der Waals surface area contributed by atoms with Crippen molar-refractivity contribution < 1.29 is 13.6 Å². The number of nitrogens with zero attached hydrogens (tertiary/aromatic N) is 3. The third kappa shape index (κ3) is 5.96. The smallest absolute Gasteiger partial charge is 0.319 e. The van der Waals surface area contributed by atoms with E-state index in [0.717, 1.165) is 5.56 Å². The van der Waals surface area contributed by atoms with E-state index in [-0.39, 0.29) is 18.7 Å². The van der Waals surface area contributed by atoms with E-state index >= 15 is 0 Å². The van der Waals surface area contributed by atoms with Crippen LogP contribution in [0.25, 0.3) is 22.6 Å². The molecule has 0 saturated heterocycles. The summed E-state index contributed by atoms with van der Waals surface area (Å²) in [6, 6.07) is 7.66. The summed E-state index contributed by atoms with van der Waals surface area (Å²) < 4.78 is 28.0. The van der Waals surface area contributed by atoms with Crippen LogP contribution in [0.1, 0.15) is 25.8 Å². The van der Waals surface area contributed by atoms with Crippen molar-refractivity contribution in [2.75, 3.05) is 24.2 Å². The highest BCUT2D eigenvalue weighted by Gasteiger charge is 2.17. The average Bonchev–Trinajstić information content (AvgIpc) is 2.75. The van der Waals surface area contributed by atoms with Crippen molar-refractivity contribution in [1.29, 1.82) is 0 Å². The molecule has 0 aliphatic carbocycles. The van der Waals surface area contributed by atoms with Crippen molar-refractivity contribution in [3.8, 4) is 22.6 Å². The molecule has 0 aliphatic heterocycles. The molecule has 9 heteroatoms. The molecule has 2 heterocycles. The number of nitrogens with one attached hydrogen (secondary N) is 3. The lowest BCUT2D eigenvalue weighted by molar-refractivity contribution is 0.200. The Kier molecular flexibility index (Phi) is 6.97. The van der Waals surface area contributed by atoms with Crippen LogP contribution in [-0.4, -0.2) is 40.2 Å². The van der Waals surface area contributed by atoms with Crippen molar-refractivity contribution in [3.05, 3.63) is 54.1 Å². The molecule has 0 atom stereocenters. The zero-order valence-electron chi connectivity index (χ0n) is 18.5. The molecule has 0 bridgehead atoms. The van der Waals surface area contributed by atoms with Gasteiger partial charge < -0.3 is 16.0 Å². The second-order valence-electron chi connectivity index (χ2n) is 7.94. The number of hydrogen-bond donors (Lipinski definition) is 3. The molecule has 7 nitrogen and oxygen atoms in total. The summed E-state index contributed by atoms with van der Waals surface area (Å²) in [5, 5.41) is 7.99.